The van der Waals surface area contributed by atoms with Gasteiger partial charge >= 0.3 is 12.0 Å². The molecule has 4 atom stereocenters. The molecule has 1 aromatic rings. The lowest BCUT2D eigenvalue weighted by Crippen LogP contribution is -2.65. The lowest BCUT2D eigenvalue weighted by molar-refractivity contribution is -0.149. The third-order valence-electron chi connectivity index (χ3n) is 8.87. The molecule has 36 heavy (non-hydrogen) atoms. The largest absolute Gasteiger partial charge is 0.466 e. The molecule has 5 fully saturated rings. The number of esters is 1. The number of halogens is 1. The molecule has 4 saturated carbocycles. The molecule has 1 heterocycles. The van der Waals surface area contributed by atoms with Gasteiger partial charge in [0, 0.05) is 24.2 Å². The van der Waals surface area contributed by atoms with Crippen molar-refractivity contribution in [2.24, 2.45) is 22.7 Å². The van der Waals surface area contributed by atoms with Crippen molar-refractivity contribution in [3.8, 4) is 0 Å². The molecular weight excluding hydrogens is 461 g/mol. The highest BCUT2D eigenvalue weighted by Gasteiger charge is 2.60. The lowest BCUT2D eigenvalue weighted by Gasteiger charge is -2.65. The zero-order chi connectivity index (χ0) is 25.7. The molecule has 3 amide bonds. The summed E-state index contributed by atoms with van der Waals surface area (Å²) in [4.78, 5) is 39.4. The van der Waals surface area contributed by atoms with E-state index in [0.29, 0.717) is 38.5 Å². The molecule has 4 aliphatic carbocycles. The summed E-state index contributed by atoms with van der Waals surface area (Å²) in [5.74, 6) is -0.693. The second kappa shape index (κ2) is 9.03. The van der Waals surface area contributed by atoms with E-state index in [0.717, 1.165) is 19.3 Å². The average molecular weight is 500 g/mol. The number of likely N-dealkylation sites (tertiary alicyclic amines) is 1. The molecule has 0 spiro atoms. The molecule has 6 rings (SSSR count). The molecule has 8 heteroatoms. The van der Waals surface area contributed by atoms with Crippen LogP contribution in [-0.2, 0) is 9.53 Å². The minimum atomic E-state index is -0.637. The molecule has 196 valence electrons. The number of nitrogens with zero attached hydrogens (tertiary/aromatic N) is 1. The van der Waals surface area contributed by atoms with Crippen molar-refractivity contribution in [1.82, 2.24) is 10.2 Å². The second-order valence-electron chi connectivity index (χ2n) is 12.5. The normalized spacial score (nSPS) is 33.3. The van der Waals surface area contributed by atoms with Crippen LogP contribution in [0.4, 0.5) is 14.9 Å². The Hall–Kier alpha value is -2.64. The number of carbonyl (C=O) groups excluding carboxylic acids is 3. The summed E-state index contributed by atoms with van der Waals surface area (Å²) in [7, 11) is 0. The highest BCUT2D eigenvalue weighted by molar-refractivity contribution is 5.96. The van der Waals surface area contributed by atoms with Crippen LogP contribution in [0, 0.1) is 28.5 Å². The predicted molar refractivity (Wildman–Crippen MR) is 134 cm³/mol. The van der Waals surface area contributed by atoms with E-state index in [2.05, 4.69) is 24.5 Å². The van der Waals surface area contributed by atoms with Gasteiger partial charge in [-0.1, -0.05) is 13.8 Å². The van der Waals surface area contributed by atoms with Gasteiger partial charge in [-0.15, -0.1) is 0 Å². The SMILES string of the molecule is CCOC(=O)C1CCN(C(=O)c2ccc(NC(=O)NC34CC5C[C@@](C)(C3)C[C@](C)(C5)C4)c(F)c2)CC1. The number of ether oxygens (including phenoxy) is 1. The van der Waals surface area contributed by atoms with Crippen LogP contribution in [-0.4, -0.2) is 48.0 Å². The fourth-order valence-electron chi connectivity index (χ4n) is 8.49. The van der Waals surface area contributed by atoms with Gasteiger partial charge in [0.1, 0.15) is 5.82 Å². The van der Waals surface area contributed by atoms with Gasteiger partial charge in [-0.3, -0.25) is 9.59 Å². The topological polar surface area (TPSA) is 87.7 Å². The van der Waals surface area contributed by atoms with Crippen LogP contribution in [0.1, 0.15) is 82.5 Å². The summed E-state index contributed by atoms with van der Waals surface area (Å²) >= 11 is 0. The third-order valence-corrected chi connectivity index (χ3v) is 8.87. The second-order valence-corrected chi connectivity index (χ2v) is 12.5. The van der Waals surface area contributed by atoms with E-state index in [1.54, 1.807) is 17.9 Å². The van der Waals surface area contributed by atoms with Crippen LogP contribution in [0.3, 0.4) is 0 Å². The van der Waals surface area contributed by atoms with E-state index in [1.807, 2.05) is 0 Å². The molecule has 1 saturated heterocycles. The monoisotopic (exact) mass is 499 g/mol. The maximum Gasteiger partial charge on any atom is 0.319 e. The number of anilines is 1. The van der Waals surface area contributed by atoms with Crippen molar-refractivity contribution in [3.63, 3.8) is 0 Å². The Kier molecular flexibility index (Phi) is 6.28. The molecule has 2 unspecified atom stereocenters. The predicted octanol–water partition coefficient (Wildman–Crippen LogP) is 5.11. The molecule has 4 bridgehead atoms. The Labute approximate surface area is 212 Å². The van der Waals surface area contributed by atoms with E-state index >= 15 is 0 Å². The van der Waals surface area contributed by atoms with Crippen molar-refractivity contribution in [2.45, 2.75) is 77.7 Å². The van der Waals surface area contributed by atoms with Crippen LogP contribution < -0.4 is 10.6 Å². The highest BCUT2D eigenvalue weighted by Crippen LogP contribution is 2.66. The number of carbonyl (C=O) groups is 3. The number of amides is 3. The van der Waals surface area contributed by atoms with Crippen molar-refractivity contribution in [2.75, 3.05) is 25.0 Å². The maximum atomic E-state index is 14.9. The summed E-state index contributed by atoms with van der Waals surface area (Å²) in [6.07, 6.45) is 7.70. The van der Waals surface area contributed by atoms with Gasteiger partial charge < -0.3 is 20.3 Å². The smallest absolute Gasteiger partial charge is 0.319 e. The first-order valence-electron chi connectivity index (χ1n) is 13.4. The van der Waals surface area contributed by atoms with E-state index in [-0.39, 0.29) is 51.4 Å². The Bertz CT molecular complexity index is 1050. The molecule has 0 aromatic heterocycles. The minimum absolute atomic E-state index is 0.0622. The third kappa shape index (κ3) is 4.83. The van der Waals surface area contributed by atoms with Gasteiger partial charge in [0.2, 0.25) is 0 Å². The molecule has 7 nitrogen and oxygen atoms in total. The van der Waals surface area contributed by atoms with Gasteiger partial charge in [-0.25, -0.2) is 9.18 Å². The Morgan fingerprint density at radius 3 is 2.31 bits per heavy atom. The van der Waals surface area contributed by atoms with Gasteiger partial charge in [-0.2, -0.15) is 0 Å². The van der Waals surface area contributed by atoms with Crippen molar-refractivity contribution >= 4 is 23.6 Å². The first-order valence-corrected chi connectivity index (χ1v) is 13.4. The van der Waals surface area contributed by atoms with Gasteiger partial charge in [0.25, 0.3) is 5.91 Å². The fourth-order valence-corrected chi connectivity index (χ4v) is 8.49. The Balaban J connectivity index is 1.19. The number of benzene rings is 1. The quantitative estimate of drug-likeness (QED) is 0.551. The standard InChI is InChI=1S/C28H38FN3O4/c1-4-36-24(34)19-7-9-32(10-8-19)23(33)20-5-6-22(21(29)11-20)30-25(35)31-28-14-18-12-26(2,16-28)15-27(3,13-18)17-28/h5-6,11,18-19H,4,7-10,12-17H2,1-3H3,(H2,30,31,35)/t18?,26-,27+,28?. The van der Waals surface area contributed by atoms with Crippen LogP contribution in [0.15, 0.2) is 18.2 Å². The minimum Gasteiger partial charge on any atom is -0.466 e. The number of urea groups is 1. The first kappa shape index (κ1) is 25.0. The van der Waals surface area contributed by atoms with Gasteiger partial charge in [0.15, 0.2) is 0 Å². The first-order chi connectivity index (χ1) is 17.0. The Morgan fingerprint density at radius 1 is 1.06 bits per heavy atom. The zero-order valence-corrected chi connectivity index (χ0v) is 21.6. The van der Waals surface area contributed by atoms with Gasteiger partial charge in [0.05, 0.1) is 18.2 Å². The molecule has 1 aromatic carbocycles. The van der Waals surface area contributed by atoms with Crippen LogP contribution >= 0.6 is 0 Å². The van der Waals surface area contributed by atoms with E-state index in [9.17, 15) is 18.8 Å². The summed E-state index contributed by atoms with van der Waals surface area (Å²) in [5.41, 5.74) is 0.593. The molecule has 0 radical (unpaired) electrons. The molecule has 1 aliphatic heterocycles. The van der Waals surface area contributed by atoms with E-state index in [4.69, 9.17) is 4.74 Å². The molecule has 2 N–H and O–H groups in total. The highest BCUT2D eigenvalue weighted by atomic mass is 19.1. The van der Waals surface area contributed by atoms with E-state index < -0.39 is 5.82 Å². The Morgan fingerprint density at radius 2 is 1.72 bits per heavy atom. The van der Waals surface area contributed by atoms with Crippen LogP contribution in [0.2, 0.25) is 0 Å². The average Bonchev–Trinajstić information content (AvgIpc) is 2.77. The summed E-state index contributed by atoms with van der Waals surface area (Å²) in [6.45, 7) is 7.66. The van der Waals surface area contributed by atoms with Crippen molar-refractivity contribution in [3.05, 3.63) is 29.6 Å². The molecule has 5 aliphatic rings. The summed E-state index contributed by atoms with van der Waals surface area (Å²) < 4.78 is 20.0. The molecular formula is C28H38FN3O4. The maximum absolute atomic E-state index is 14.9. The number of nitrogens with one attached hydrogen (secondary N) is 2. The summed E-state index contributed by atoms with van der Waals surface area (Å²) in [5, 5.41) is 5.92. The number of hydrogen-bond donors (Lipinski definition) is 2. The van der Waals surface area contributed by atoms with Gasteiger partial charge in [-0.05, 0) is 93.2 Å². The van der Waals surface area contributed by atoms with Crippen molar-refractivity contribution < 1.29 is 23.5 Å². The fraction of sp³-hybridized carbons (Fsp3) is 0.679. The summed E-state index contributed by atoms with van der Waals surface area (Å²) in [6, 6.07) is 3.80. The number of piperidine rings is 1. The number of rotatable bonds is 5. The van der Waals surface area contributed by atoms with Crippen LogP contribution in [0.5, 0.6) is 0 Å². The zero-order valence-electron chi connectivity index (χ0n) is 21.6. The van der Waals surface area contributed by atoms with Crippen molar-refractivity contribution in [1.29, 1.82) is 0 Å². The van der Waals surface area contributed by atoms with E-state index in [1.165, 1.54) is 31.4 Å². The van der Waals surface area contributed by atoms with Crippen LogP contribution in [0.25, 0.3) is 0 Å². The lowest BCUT2D eigenvalue weighted by atomic mass is 9.43. The number of hydrogen-bond acceptors (Lipinski definition) is 4.